The number of Topliss-reactive ketones (excluding diaryl/α,β-unsaturated/α-hetero) is 1. The fourth-order valence-electron chi connectivity index (χ4n) is 3.05. The molecule has 7 heteroatoms. The lowest BCUT2D eigenvalue weighted by molar-refractivity contribution is 0.0997. The average molecular weight is 383 g/mol. The molecule has 3 rings (SSSR count). The molecule has 0 amide bonds. The predicted octanol–water partition coefficient (Wildman–Crippen LogP) is 4.46. The Kier molecular flexibility index (Phi) is 5.57. The van der Waals surface area contributed by atoms with Gasteiger partial charge in [0, 0.05) is 24.2 Å². The fourth-order valence-corrected chi connectivity index (χ4v) is 3.50. The molecule has 25 heavy (non-hydrogen) atoms. The molecule has 0 bridgehead atoms. The van der Waals surface area contributed by atoms with E-state index >= 15 is 0 Å². The first-order chi connectivity index (χ1) is 12.0. The number of rotatable bonds is 5. The fraction of sp³-hybridized carbons (Fsp3) is 0.333. The Morgan fingerprint density at radius 3 is 2.84 bits per heavy atom. The molecule has 1 aromatic carbocycles. The van der Waals surface area contributed by atoms with E-state index in [0.29, 0.717) is 11.3 Å². The molecule has 1 N–H and O–H groups in total. The van der Waals surface area contributed by atoms with Gasteiger partial charge >= 0.3 is 0 Å². The molecule has 1 aliphatic heterocycles. The number of pyridine rings is 1. The summed E-state index contributed by atoms with van der Waals surface area (Å²) in [4.78, 5) is 15.9. The van der Waals surface area contributed by atoms with Crippen LogP contribution in [-0.2, 0) is 0 Å². The lowest BCUT2D eigenvalue weighted by atomic mass is 9.95. The summed E-state index contributed by atoms with van der Waals surface area (Å²) in [6, 6.07) is 4.60. The third-order valence-corrected chi connectivity index (χ3v) is 5.05. The van der Waals surface area contributed by atoms with Crippen molar-refractivity contribution in [1.82, 2.24) is 10.3 Å². The Balaban J connectivity index is 2.01. The van der Waals surface area contributed by atoms with Gasteiger partial charge in [0.2, 0.25) is 0 Å². The third-order valence-electron chi connectivity index (χ3n) is 4.24. The second-order valence-electron chi connectivity index (χ2n) is 6.02. The highest BCUT2D eigenvalue weighted by Crippen LogP contribution is 2.38. The van der Waals surface area contributed by atoms with Crippen LogP contribution in [0.2, 0.25) is 10.0 Å². The predicted molar refractivity (Wildman–Crippen MR) is 95.0 cm³/mol. The minimum atomic E-state index is -0.450. The molecule has 4 nitrogen and oxygen atoms in total. The zero-order valence-corrected chi connectivity index (χ0v) is 15.1. The second kappa shape index (κ2) is 7.68. The number of nitrogens with zero attached hydrogens (tertiary/aromatic N) is 1. The summed E-state index contributed by atoms with van der Waals surface area (Å²) in [6.07, 6.45) is 3.15. The maximum Gasteiger partial charge on any atom is 0.165 e. The standard InChI is InChI=1S/C18H17Cl2FN2O2/c1-10(24)16-15(3-2-14(19)17(16)20)25-18(11-4-5-22-7-11)12-6-13(21)9-23-8-12/h2-3,6,8-9,11,18,22H,4-5,7H2,1H3/t11-,18+/m1/s1. The summed E-state index contributed by atoms with van der Waals surface area (Å²) in [5.74, 6) is -0.220. The van der Waals surface area contributed by atoms with Crippen molar-refractivity contribution in [2.75, 3.05) is 13.1 Å². The van der Waals surface area contributed by atoms with Gasteiger partial charge in [-0.3, -0.25) is 9.78 Å². The van der Waals surface area contributed by atoms with E-state index in [4.69, 9.17) is 27.9 Å². The number of carbonyl (C=O) groups is 1. The zero-order chi connectivity index (χ0) is 18.0. The molecule has 2 atom stereocenters. The summed E-state index contributed by atoms with van der Waals surface area (Å²) in [5, 5.41) is 3.72. The van der Waals surface area contributed by atoms with Crippen molar-refractivity contribution in [3.05, 3.63) is 57.6 Å². The van der Waals surface area contributed by atoms with Gasteiger partial charge in [0.15, 0.2) is 5.78 Å². The SMILES string of the molecule is CC(=O)c1c(O[C@H](c2cncc(F)c2)[C@@H]2CCNC2)ccc(Cl)c1Cl. The lowest BCUT2D eigenvalue weighted by Crippen LogP contribution is -2.22. The van der Waals surface area contributed by atoms with E-state index in [0.717, 1.165) is 25.7 Å². The maximum atomic E-state index is 13.7. The van der Waals surface area contributed by atoms with Crippen molar-refractivity contribution < 1.29 is 13.9 Å². The zero-order valence-electron chi connectivity index (χ0n) is 13.6. The first kappa shape index (κ1) is 18.1. The average Bonchev–Trinajstić information content (AvgIpc) is 3.09. The second-order valence-corrected chi connectivity index (χ2v) is 6.80. The molecule has 1 aromatic heterocycles. The van der Waals surface area contributed by atoms with Gasteiger partial charge in [-0.05, 0) is 38.1 Å². The molecule has 2 heterocycles. The van der Waals surface area contributed by atoms with Crippen LogP contribution in [-0.4, -0.2) is 23.9 Å². The molecule has 0 saturated carbocycles. The minimum Gasteiger partial charge on any atom is -0.485 e. The van der Waals surface area contributed by atoms with Crippen LogP contribution < -0.4 is 10.1 Å². The van der Waals surface area contributed by atoms with Crippen LogP contribution in [0.1, 0.15) is 35.4 Å². The van der Waals surface area contributed by atoms with Gasteiger partial charge in [0.25, 0.3) is 0 Å². The number of hydrogen-bond donors (Lipinski definition) is 1. The highest BCUT2D eigenvalue weighted by Gasteiger charge is 2.30. The molecule has 0 spiro atoms. The monoisotopic (exact) mass is 382 g/mol. The van der Waals surface area contributed by atoms with Crippen molar-refractivity contribution >= 4 is 29.0 Å². The van der Waals surface area contributed by atoms with Crippen LogP contribution in [0.25, 0.3) is 0 Å². The van der Waals surface area contributed by atoms with E-state index in [1.54, 1.807) is 18.3 Å². The number of carbonyl (C=O) groups excluding carboxylic acids is 1. The number of ether oxygens (including phenoxy) is 1. The van der Waals surface area contributed by atoms with Crippen molar-refractivity contribution in [3.63, 3.8) is 0 Å². The molecule has 1 aliphatic rings. The van der Waals surface area contributed by atoms with Gasteiger partial charge < -0.3 is 10.1 Å². The maximum absolute atomic E-state index is 13.7. The third kappa shape index (κ3) is 3.94. The smallest absolute Gasteiger partial charge is 0.165 e. The first-order valence-corrected chi connectivity index (χ1v) is 8.69. The van der Waals surface area contributed by atoms with E-state index < -0.39 is 11.9 Å². The Morgan fingerprint density at radius 1 is 1.40 bits per heavy atom. The summed E-state index contributed by atoms with van der Waals surface area (Å²) < 4.78 is 19.8. The highest BCUT2D eigenvalue weighted by molar-refractivity contribution is 6.44. The Labute approximate surface area is 155 Å². The summed E-state index contributed by atoms with van der Waals surface area (Å²) in [7, 11) is 0. The van der Waals surface area contributed by atoms with Crippen molar-refractivity contribution in [2.24, 2.45) is 5.92 Å². The quantitative estimate of drug-likeness (QED) is 0.775. The summed E-state index contributed by atoms with van der Waals surface area (Å²) >= 11 is 12.2. The molecule has 0 aliphatic carbocycles. The number of benzene rings is 1. The van der Waals surface area contributed by atoms with Gasteiger partial charge in [-0.2, -0.15) is 0 Å². The number of hydrogen-bond acceptors (Lipinski definition) is 4. The van der Waals surface area contributed by atoms with Crippen molar-refractivity contribution in [1.29, 1.82) is 0 Å². The number of aromatic nitrogens is 1. The van der Waals surface area contributed by atoms with E-state index in [1.165, 1.54) is 13.0 Å². The molecule has 132 valence electrons. The first-order valence-electron chi connectivity index (χ1n) is 7.94. The normalized spacial score (nSPS) is 18.2. The summed E-state index contributed by atoms with van der Waals surface area (Å²) in [5.41, 5.74) is 0.851. The highest BCUT2D eigenvalue weighted by atomic mass is 35.5. The van der Waals surface area contributed by atoms with Crippen LogP contribution >= 0.6 is 23.2 Å². The Hall–Kier alpha value is -1.69. The van der Waals surface area contributed by atoms with E-state index in [-0.39, 0.29) is 27.3 Å². The number of halogens is 3. The number of ketones is 1. The molecular weight excluding hydrogens is 366 g/mol. The largest absolute Gasteiger partial charge is 0.485 e. The van der Waals surface area contributed by atoms with Gasteiger partial charge in [0.05, 0.1) is 21.8 Å². The van der Waals surface area contributed by atoms with Crippen LogP contribution in [0.3, 0.4) is 0 Å². The van der Waals surface area contributed by atoms with Crippen LogP contribution in [0, 0.1) is 11.7 Å². The van der Waals surface area contributed by atoms with E-state index in [9.17, 15) is 9.18 Å². The topological polar surface area (TPSA) is 51.2 Å². The van der Waals surface area contributed by atoms with E-state index in [1.807, 2.05) is 0 Å². The molecule has 0 unspecified atom stereocenters. The molecule has 0 radical (unpaired) electrons. The van der Waals surface area contributed by atoms with Crippen LogP contribution in [0.4, 0.5) is 4.39 Å². The molecule has 2 aromatic rings. The molecular formula is C18H17Cl2FN2O2. The number of nitrogens with one attached hydrogen (secondary N) is 1. The Bertz CT molecular complexity index is 795. The van der Waals surface area contributed by atoms with Gasteiger partial charge in [-0.25, -0.2) is 4.39 Å². The van der Waals surface area contributed by atoms with Crippen molar-refractivity contribution in [2.45, 2.75) is 19.4 Å². The van der Waals surface area contributed by atoms with Crippen molar-refractivity contribution in [3.8, 4) is 5.75 Å². The van der Waals surface area contributed by atoms with Gasteiger partial charge in [-0.1, -0.05) is 23.2 Å². The van der Waals surface area contributed by atoms with Gasteiger partial charge in [-0.15, -0.1) is 0 Å². The van der Waals surface area contributed by atoms with Crippen LogP contribution in [0.15, 0.2) is 30.6 Å². The minimum absolute atomic E-state index is 0.123. The molecule has 1 saturated heterocycles. The van der Waals surface area contributed by atoms with Crippen LogP contribution in [0.5, 0.6) is 5.75 Å². The Morgan fingerprint density at radius 2 is 2.20 bits per heavy atom. The van der Waals surface area contributed by atoms with Gasteiger partial charge in [0.1, 0.15) is 17.7 Å². The lowest BCUT2D eigenvalue weighted by Gasteiger charge is -2.26. The van der Waals surface area contributed by atoms with E-state index in [2.05, 4.69) is 10.3 Å². The summed E-state index contributed by atoms with van der Waals surface area (Å²) in [6.45, 7) is 2.99. The molecule has 1 fully saturated rings.